The summed E-state index contributed by atoms with van der Waals surface area (Å²) >= 11 is 9.20. The Morgan fingerprint density at radius 1 is 1.22 bits per heavy atom. The smallest absolute Gasteiger partial charge is 0.167 e. The normalized spacial score (nSPS) is 10.4. The van der Waals surface area contributed by atoms with Gasteiger partial charge in [0.25, 0.3) is 0 Å². The second-order valence-corrected chi connectivity index (χ2v) is 5.17. The topological polar surface area (TPSA) is 17.1 Å². The van der Waals surface area contributed by atoms with Gasteiger partial charge in [-0.05, 0) is 29.8 Å². The lowest BCUT2D eigenvalue weighted by atomic mass is 10.0. The number of ketones is 1. The summed E-state index contributed by atoms with van der Waals surface area (Å²) in [6.45, 7) is 0. The van der Waals surface area contributed by atoms with Crippen LogP contribution in [0.1, 0.15) is 15.9 Å². The third-order valence-corrected chi connectivity index (χ3v) is 3.36. The van der Waals surface area contributed by atoms with Gasteiger partial charge in [0.2, 0.25) is 0 Å². The highest BCUT2D eigenvalue weighted by atomic mass is 79.9. The van der Waals surface area contributed by atoms with E-state index in [9.17, 15) is 9.18 Å². The van der Waals surface area contributed by atoms with Crippen molar-refractivity contribution in [3.63, 3.8) is 0 Å². The molecule has 0 aliphatic rings. The van der Waals surface area contributed by atoms with Gasteiger partial charge in [0.15, 0.2) is 5.78 Å². The Hall–Kier alpha value is -1.19. The molecule has 0 radical (unpaired) electrons. The van der Waals surface area contributed by atoms with Gasteiger partial charge in [-0.1, -0.05) is 45.7 Å². The van der Waals surface area contributed by atoms with Crippen LogP contribution in [0.15, 0.2) is 46.9 Å². The van der Waals surface area contributed by atoms with Gasteiger partial charge in [0.1, 0.15) is 5.82 Å². The van der Waals surface area contributed by atoms with Crippen molar-refractivity contribution in [2.45, 2.75) is 6.42 Å². The Labute approximate surface area is 118 Å². The van der Waals surface area contributed by atoms with E-state index in [4.69, 9.17) is 11.6 Å². The number of hydrogen-bond donors (Lipinski definition) is 0. The van der Waals surface area contributed by atoms with E-state index in [0.717, 1.165) is 4.47 Å². The van der Waals surface area contributed by atoms with Crippen LogP contribution in [0.3, 0.4) is 0 Å². The quantitative estimate of drug-likeness (QED) is 0.749. The van der Waals surface area contributed by atoms with Gasteiger partial charge in [-0.15, -0.1) is 0 Å². The minimum Gasteiger partial charge on any atom is -0.294 e. The summed E-state index contributed by atoms with van der Waals surface area (Å²) in [6.07, 6.45) is 0.162. The number of hydrogen-bond acceptors (Lipinski definition) is 1. The summed E-state index contributed by atoms with van der Waals surface area (Å²) < 4.78 is 13.7. The van der Waals surface area contributed by atoms with Crippen molar-refractivity contribution in [2.75, 3.05) is 0 Å². The summed E-state index contributed by atoms with van der Waals surface area (Å²) in [6, 6.07) is 11.2. The van der Waals surface area contributed by atoms with Crippen molar-refractivity contribution >= 4 is 33.3 Å². The zero-order valence-electron chi connectivity index (χ0n) is 9.29. The lowest BCUT2D eigenvalue weighted by Gasteiger charge is -2.04. The highest BCUT2D eigenvalue weighted by Crippen LogP contribution is 2.20. The molecule has 0 saturated carbocycles. The Kier molecular flexibility index (Phi) is 4.15. The Balaban J connectivity index is 2.21. The molecule has 0 spiro atoms. The molecule has 0 unspecified atom stereocenters. The zero-order chi connectivity index (χ0) is 13.1. The fourth-order valence-electron chi connectivity index (χ4n) is 1.60. The second kappa shape index (κ2) is 5.63. The van der Waals surface area contributed by atoms with Crippen LogP contribution >= 0.6 is 27.5 Å². The highest BCUT2D eigenvalue weighted by Gasteiger charge is 2.10. The maximum absolute atomic E-state index is 12.9. The molecule has 0 aliphatic heterocycles. The van der Waals surface area contributed by atoms with Crippen LogP contribution in [0.4, 0.5) is 4.39 Å². The third kappa shape index (κ3) is 3.18. The van der Waals surface area contributed by atoms with Gasteiger partial charge in [-0.3, -0.25) is 4.79 Å². The number of halogens is 3. The molecule has 0 aromatic heterocycles. The average molecular weight is 328 g/mol. The molecule has 0 aliphatic carbocycles. The first kappa shape index (κ1) is 13.2. The molecule has 0 atom stereocenters. The molecule has 4 heteroatoms. The fourth-order valence-corrected chi connectivity index (χ4v) is 2.24. The number of rotatable bonds is 3. The van der Waals surface area contributed by atoms with E-state index >= 15 is 0 Å². The molecule has 0 bridgehead atoms. The van der Waals surface area contributed by atoms with Crippen LogP contribution in [-0.2, 0) is 6.42 Å². The van der Waals surface area contributed by atoms with Crippen LogP contribution in [0, 0.1) is 5.82 Å². The number of benzene rings is 2. The second-order valence-electron chi connectivity index (χ2n) is 3.85. The lowest BCUT2D eigenvalue weighted by Crippen LogP contribution is -2.04. The predicted molar refractivity (Wildman–Crippen MR) is 73.6 cm³/mol. The number of carbonyl (C=O) groups excluding carboxylic acids is 1. The van der Waals surface area contributed by atoms with Gasteiger partial charge in [0.05, 0.1) is 0 Å². The summed E-state index contributed by atoms with van der Waals surface area (Å²) in [7, 11) is 0. The molecule has 2 rings (SSSR count). The third-order valence-electron chi connectivity index (χ3n) is 2.51. The molecule has 2 aromatic rings. The van der Waals surface area contributed by atoms with E-state index < -0.39 is 5.82 Å². The van der Waals surface area contributed by atoms with E-state index in [0.29, 0.717) is 11.1 Å². The maximum Gasteiger partial charge on any atom is 0.167 e. The standard InChI is InChI=1S/C14H9BrClFO/c15-11-3-1-2-10(6-11)14(18)7-9-4-5-12(17)8-13(9)16/h1-6,8H,7H2. The van der Waals surface area contributed by atoms with E-state index in [1.165, 1.54) is 18.2 Å². The predicted octanol–water partition coefficient (Wildman–Crippen LogP) is 4.67. The van der Waals surface area contributed by atoms with Crippen molar-refractivity contribution < 1.29 is 9.18 Å². The van der Waals surface area contributed by atoms with Gasteiger partial charge >= 0.3 is 0 Å². The largest absolute Gasteiger partial charge is 0.294 e. The summed E-state index contributed by atoms with van der Waals surface area (Å²) in [5.41, 5.74) is 1.23. The first-order chi connectivity index (χ1) is 8.56. The molecule has 0 saturated heterocycles. The van der Waals surface area contributed by atoms with Crippen LogP contribution in [0.2, 0.25) is 5.02 Å². The molecule has 0 N–H and O–H groups in total. The average Bonchev–Trinajstić information content (AvgIpc) is 2.32. The van der Waals surface area contributed by atoms with E-state index in [2.05, 4.69) is 15.9 Å². The van der Waals surface area contributed by atoms with Crippen LogP contribution in [0.25, 0.3) is 0 Å². The van der Waals surface area contributed by atoms with Crippen LogP contribution in [0.5, 0.6) is 0 Å². The molecular weight excluding hydrogens is 319 g/mol. The molecule has 0 amide bonds. The highest BCUT2D eigenvalue weighted by molar-refractivity contribution is 9.10. The number of carbonyl (C=O) groups is 1. The lowest BCUT2D eigenvalue weighted by molar-refractivity contribution is 0.0993. The van der Waals surface area contributed by atoms with Crippen molar-refractivity contribution in [3.8, 4) is 0 Å². The zero-order valence-corrected chi connectivity index (χ0v) is 11.6. The maximum atomic E-state index is 12.9. The van der Waals surface area contributed by atoms with Gasteiger partial charge in [-0.25, -0.2) is 4.39 Å². The van der Waals surface area contributed by atoms with E-state index in [1.54, 1.807) is 18.2 Å². The van der Waals surface area contributed by atoms with Crippen molar-refractivity contribution in [1.29, 1.82) is 0 Å². The first-order valence-electron chi connectivity index (χ1n) is 5.29. The molecular formula is C14H9BrClFO. The molecule has 2 aromatic carbocycles. The molecule has 92 valence electrons. The Bertz CT molecular complexity index is 598. The van der Waals surface area contributed by atoms with E-state index in [1.807, 2.05) is 6.07 Å². The van der Waals surface area contributed by atoms with Crippen LogP contribution in [-0.4, -0.2) is 5.78 Å². The van der Waals surface area contributed by atoms with Crippen LogP contribution < -0.4 is 0 Å². The summed E-state index contributed by atoms with van der Waals surface area (Å²) in [5, 5.41) is 0.276. The monoisotopic (exact) mass is 326 g/mol. The Morgan fingerprint density at radius 3 is 2.67 bits per heavy atom. The van der Waals surface area contributed by atoms with E-state index in [-0.39, 0.29) is 17.2 Å². The van der Waals surface area contributed by atoms with Crippen molar-refractivity contribution in [2.24, 2.45) is 0 Å². The number of Topliss-reactive ketones (excluding diaryl/α,β-unsaturated/α-hetero) is 1. The molecule has 18 heavy (non-hydrogen) atoms. The van der Waals surface area contributed by atoms with Crippen molar-refractivity contribution in [3.05, 3.63) is 68.9 Å². The fraction of sp³-hybridized carbons (Fsp3) is 0.0714. The van der Waals surface area contributed by atoms with Gasteiger partial charge < -0.3 is 0 Å². The SMILES string of the molecule is O=C(Cc1ccc(F)cc1Cl)c1cccc(Br)c1. The molecule has 0 fully saturated rings. The Morgan fingerprint density at radius 2 is 2.00 bits per heavy atom. The summed E-state index contributed by atoms with van der Waals surface area (Å²) in [5.74, 6) is -0.455. The molecule has 1 nitrogen and oxygen atoms in total. The molecule has 0 heterocycles. The van der Waals surface area contributed by atoms with Gasteiger partial charge in [-0.2, -0.15) is 0 Å². The van der Waals surface area contributed by atoms with Crippen molar-refractivity contribution in [1.82, 2.24) is 0 Å². The minimum atomic E-state index is -0.404. The van der Waals surface area contributed by atoms with Gasteiger partial charge in [0, 0.05) is 21.5 Å². The first-order valence-corrected chi connectivity index (χ1v) is 6.46. The minimum absolute atomic E-state index is 0.0511. The summed E-state index contributed by atoms with van der Waals surface area (Å²) in [4.78, 5) is 12.0.